The van der Waals surface area contributed by atoms with Crippen molar-refractivity contribution in [3.63, 3.8) is 0 Å². The van der Waals surface area contributed by atoms with Gasteiger partial charge in [0.1, 0.15) is 6.04 Å². The summed E-state index contributed by atoms with van der Waals surface area (Å²) < 4.78 is 7.48. The number of aromatic nitrogens is 2. The molecule has 3 heterocycles. The first kappa shape index (κ1) is 16.1. The molecule has 2 aliphatic heterocycles. The molecule has 0 N–H and O–H groups in total. The van der Waals surface area contributed by atoms with Crippen LogP contribution in [0.5, 0.6) is 0 Å². The van der Waals surface area contributed by atoms with Gasteiger partial charge < -0.3 is 14.2 Å². The summed E-state index contributed by atoms with van der Waals surface area (Å²) in [5.41, 5.74) is 1.17. The fourth-order valence-electron chi connectivity index (χ4n) is 4.43. The van der Waals surface area contributed by atoms with E-state index in [1.165, 1.54) is 37.8 Å². The molecule has 0 aromatic carbocycles. The summed E-state index contributed by atoms with van der Waals surface area (Å²) in [6, 6.07) is -0.127. The number of amides is 1. The Morgan fingerprint density at radius 3 is 2.79 bits per heavy atom. The SMILES string of the molecule is O=C([C@H]1CN(CC2CCCCC2)Cc2cncn21)N1CCOCC1. The van der Waals surface area contributed by atoms with Crippen LogP contribution in [-0.4, -0.2) is 64.7 Å². The molecule has 0 radical (unpaired) electrons. The maximum atomic E-state index is 13.0. The third-order valence-corrected chi connectivity index (χ3v) is 5.75. The van der Waals surface area contributed by atoms with Gasteiger partial charge in [0.2, 0.25) is 5.91 Å². The topological polar surface area (TPSA) is 50.6 Å². The lowest BCUT2D eigenvalue weighted by molar-refractivity contribution is -0.140. The first-order chi connectivity index (χ1) is 11.8. The van der Waals surface area contributed by atoms with E-state index in [4.69, 9.17) is 4.74 Å². The van der Waals surface area contributed by atoms with Crippen molar-refractivity contribution in [2.24, 2.45) is 5.92 Å². The molecule has 1 saturated carbocycles. The number of ether oxygens (including phenoxy) is 1. The largest absolute Gasteiger partial charge is 0.378 e. The van der Waals surface area contributed by atoms with Crippen LogP contribution in [0, 0.1) is 5.92 Å². The average Bonchev–Trinajstić information content (AvgIpc) is 3.10. The quantitative estimate of drug-likeness (QED) is 0.845. The summed E-state index contributed by atoms with van der Waals surface area (Å²) in [7, 11) is 0. The molecule has 1 aromatic rings. The number of nitrogens with zero attached hydrogens (tertiary/aromatic N) is 4. The number of morpholine rings is 1. The van der Waals surface area contributed by atoms with Gasteiger partial charge in [-0.3, -0.25) is 9.69 Å². The molecule has 1 aromatic heterocycles. The highest BCUT2D eigenvalue weighted by molar-refractivity contribution is 5.81. The van der Waals surface area contributed by atoms with Crippen molar-refractivity contribution >= 4 is 5.91 Å². The molecule has 1 atom stereocenters. The average molecular weight is 332 g/mol. The highest BCUT2D eigenvalue weighted by Crippen LogP contribution is 2.28. The Labute approximate surface area is 143 Å². The van der Waals surface area contributed by atoms with E-state index < -0.39 is 0 Å². The number of carbonyl (C=O) groups excluding carboxylic acids is 1. The van der Waals surface area contributed by atoms with Crippen molar-refractivity contribution in [1.82, 2.24) is 19.4 Å². The minimum atomic E-state index is -0.127. The van der Waals surface area contributed by atoms with Gasteiger partial charge in [0.25, 0.3) is 0 Å². The molecule has 132 valence electrons. The molecule has 6 nitrogen and oxygen atoms in total. The van der Waals surface area contributed by atoms with Crippen LogP contribution in [-0.2, 0) is 16.1 Å². The summed E-state index contributed by atoms with van der Waals surface area (Å²) in [4.78, 5) is 21.8. The second-order valence-corrected chi connectivity index (χ2v) is 7.44. The van der Waals surface area contributed by atoms with E-state index in [1.807, 2.05) is 17.4 Å². The number of fused-ring (bicyclic) bond motifs is 1. The molecule has 1 aliphatic carbocycles. The van der Waals surface area contributed by atoms with E-state index in [-0.39, 0.29) is 11.9 Å². The Hall–Kier alpha value is -1.40. The Balaban J connectivity index is 1.47. The number of rotatable bonds is 3. The number of carbonyl (C=O) groups is 1. The smallest absolute Gasteiger partial charge is 0.247 e. The maximum Gasteiger partial charge on any atom is 0.247 e. The lowest BCUT2D eigenvalue weighted by atomic mass is 9.88. The van der Waals surface area contributed by atoms with Crippen molar-refractivity contribution in [2.45, 2.75) is 44.7 Å². The second-order valence-electron chi connectivity index (χ2n) is 7.44. The van der Waals surface area contributed by atoms with Gasteiger partial charge in [-0.1, -0.05) is 19.3 Å². The van der Waals surface area contributed by atoms with Gasteiger partial charge in [-0.05, 0) is 18.8 Å². The Morgan fingerprint density at radius 1 is 1.21 bits per heavy atom. The summed E-state index contributed by atoms with van der Waals surface area (Å²) >= 11 is 0. The molecule has 1 amide bonds. The number of hydrogen-bond acceptors (Lipinski definition) is 4. The normalized spacial score (nSPS) is 26.3. The van der Waals surface area contributed by atoms with E-state index in [0.29, 0.717) is 26.3 Å². The molecule has 0 spiro atoms. The zero-order chi connectivity index (χ0) is 16.4. The van der Waals surface area contributed by atoms with Gasteiger partial charge in [0.15, 0.2) is 0 Å². The van der Waals surface area contributed by atoms with Crippen molar-refractivity contribution in [3.8, 4) is 0 Å². The van der Waals surface area contributed by atoms with Crippen molar-refractivity contribution in [3.05, 3.63) is 18.2 Å². The minimum absolute atomic E-state index is 0.127. The standard InChI is InChI=1S/C18H28N4O2/c23-18(21-6-8-24-9-7-21)17-13-20(11-15-4-2-1-3-5-15)12-16-10-19-14-22(16)17/h10,14-15,17H,1-9,11-13H2/t17-/m1/s1. The molecular weight excluding hydrogens is 304 g/mol. The van der Waals surface area contributed by atoms with Crippen molar-refractivity contribution in [1.29, 1.82) is 0 Å². The predicted molar refractivity (Wildman–Crippen MR) is 90.5 cm³/mol. The Kier molecular flexibility index (Phi) is 4.85. The Bertz CT molecular complexity index is 561. The van der Waals surface area contributed by atoms with Crippen molar-refractivity contribution < 1.29 is 9.53 Å². The number of hydrogen-bond donors (Lipinski definition) is 0. The number of imidazole rings is 1. The summed E-state index contributed by atoms with van der Waals surface area (Å²) in [5, 5.41) is 0. The van der Waals surface area contributed by atoms with Crippen LogP contribution in [0.4, 0.5) is 0 Å². The summed E-state index contributed by atoms with van der Waals surface area (Å²) in [5.74, 6) is 1.03. The molecule has 0 bridgehead atoms. The van der Waals surface area contributed by atoms with E-state index in [0.717, 1.165) is 25.6 Å². The van der Waals surface area contributed by atoms with E-state index in [9.17, 15) is 4.79 Å². The van der Waals surface area contributed by atoms with E-state index in [1.54, 1.807) is 0 Å². The van der Waals surface area contributed by atoms with Crippen LogP contribution >= 0.6 is 0 Å². The van der Waals surface area contributed by atoms with Gasteiger partial charge in [0.05, 0.1) is 25.2 Å². The summed E-state index contributed by atoms with van der Waals surface area (Å²) in [6.07, 6.45) is 10.6. The molecular formula is C18H28N4O2. The molecule has 3 aliphatic rings. The third kappa shape index (κ3) is 3.35. The van der Waals surface area contributed by atoms with Crippen molar-refractivity contribution in [2.75, 3.05) is 39.4 Å². The lowest BCUT2D eigenvalue weighted by Gasteiger charge is -2.39. The molecule has 2 fully saturated rings. The van der Waals surface area contributed by atoms with Crippen LogP contribution < -0.4 is 0 Å². The van der Waals surface area contributed by atoms with Gasteiger partial charge in [-0.2, -0.15) is 0 Å². The third-order valence-electron chi connectivity index (χ3n) is 5.75. The second kappa shape index (κ2) is 7.23. The molecule has 1 saturated heterocycles. The van der Waals surface area contributed by atoms with Gasteiger partial charge in [-0.25, -0.2) is 4.98 Å². The summed E-state index contributed by atoms with van der Waals surface area (Å²) in [6.45, 7) is 5.59. The van der Waals surface area contributed by atoms with Crippen LogP contribution in [0.3, 0.4) is 0 Å². The Morgan fingerprint density at radius 2 is 2.00 bits per heavy atom. The van der Waals surface area contributed by atoms with Gasteiger partial charge in [0, 0.05) is 38.9 Å². The molecule has 0 unspecified atom stereocenters. The van der Waals surface area contributed by atoms with Crippen LogP contribution in [0.2, 0.25) is 0 Å². The zero-order valence-electron chi connectivity index (χ0n) is 14.4. The fraction of sp³-hybridized carbons (Fsp3) is 0.778. The zero-order valence-corrected chi connectivity index (χ0v) is 14.4. The minimum Gasteiger partial charge on any atom is -0.378 e. The van der Waals surface area contributed by atoms with Gasteiger partial charge in [-0.15, -0.1) is 0 Å². The van der Waals surface area contributed by atoms with Crippen LogP contribution in [0.15, 0.2) is 12.5 Å². The van der Waals surface area contributed by atoms with Gasteiger partial charge >= 0.3 is 0 Å². The predicted octanol–water partition coefficient (Wildman–Crippen LogP) is 1.68. The first-order valence-corrected chi connectivity index (χ1v) is 9.41. The molecule has 24 heavy (non-hydrogen) atoms. The van der Waals surface area contributed by atoms with E-state index in [2.05, 4.69) is 14.5 Å². The fourth-order valence-corrected chi connectivity index (χ4v) is 4.43. The van der Waals surface area contributed by atoms with E-state index >= 15 is 0 Å². The van der Waals surface area contributed by atoms with Crippen LogP contribution in [0.1, 0.15) is 43.8 Å². The monoisotopic (exact) mass is 332 g/mol. The highest BCUT2D eigenvalue weighted by atomic mass is 16.5. The first-order valence-electron chi connectivity index (χ1n) is 9.41. The highest BCUT2D eigenvalue weighted by Gasteiger charge is 2.34. The lowest BCUT2D eigenvalue weighted by Crippen LogP contribution is -2.49. The maximum absolute atomic E-state index is 13.0. The molecule has 6 heteroatoms. The van der Waals surface area contributed by atoms with Crippen LogP contribution in [0.25, 0.3) is 0 Å². The molecule has 4 rings (SSSR count).